The quantitative estimate of drug-likeness (QED) is 0.676. The predicted octanol–water partition coefficient (Wildman–Crippen LogP) is 1.75. The van der Waals surface area contributed by atoms with Crippen LogP contribution in [-0.2, 0) is 0 Å². The first-order valence-electron chi connectivity index (χ1n) is 6.35. The van der Waals surface area contributed by atoms with Crippen LogP contribution in [0.2, 0.25) is 0 Å². The van der Waals surface area contributed by atoms with Gasteiger partial charge in [0.1, 0.15) is 0 Å². The van der Waals surface area contributed by atoms with Crippen molar-refractivity contribution in [1.29, 1.82) is 0 Å². The number of aryl methyl sites for hydroxylation is 1. The highest BCUT2D eigenvalue weighted by molar-refractivity contribution is 5.29. The van der Waals surface area contributed by atoms with Gasteiger partial charge in [-0.15, -0.1) is 0 Å². The van der Waals surface area contributed by atoms with Crippen molar-refractivity contribution in [2.24, 2.45) is 5.73 Å². The molecule has 0 aliphatic carbocycles. The van der Waals surface area contributed by atoms with Gasteiger partial charge in [-0.25, -0.2) is 0 Å². The van der Waals surface area contributed by atoms with Crippen molar-refractivity contribution in [3.8, 4) is 0 Å². The van der Waals surface area contributed by atoms with Crippen LogP contribution >= 0.6 is 0 Å². The van der Waals surface area contributed by atoms with Crippen LogP contribution in [0.5, 0.6) is 0 Å². The van der Waals surface area contributed by atoms with E-state index in [1.807, 2.05) is 12.1 Å². The van der Waals surface area contributed by atoms with E-state index in [0.29, 0.717) is 12.6 Å². The molecule has 0 aliphatic rings. The first-order valence-corrected chi connectivity index (χ1v) is 6.35. The summed E-state index contributed by atoms with van der Waals surface area (Å²) in [5.41, 5.74) is 8.36. The Morgan fingerprint density at radius 2 is 2.06 bits per heavy atom. The number of aliphatic hydroxyl groups excluding tert-OH is 1. The zero-order valence-electron chi connectivity index (χ0n) is 10.8. The van der Waals surface area contributed by atoms with Crippen LogP contribution in [0.3, 0.4) is 0 Å². The summed E-state index contributed by atoms with van der Waals surface area (Å²) in [6.07, 6.45) is 1.78. The molecule has 1 rings (SSSR count). The van der Waals surface area contributed by atoms with Gasteiger partial charge in [0.15, 0.2) is 0 Å². The zero-order valence-corrected chi connectivity index (χ0v) is 10.8. The Bertz CT molecular complexity index is 328. The number of aliphatic hydroxyl groups is 1. The van der Waals surface area contributed by atoms with E-state index in [-0.39, 0.29) is 12.6 Å². The van der Waals surface area contributed by atoms with E-state index in [1.165, 1.54) is 11.1 Å². The first-order chi connectivity index (χ1) is 8.22. The maximum atomic E-state index is 9.01. The molecule has 2 atom stereocenters. The van der Waals surface area contributed by atoms with Gasteiger partial charge in [-0.2, -0.15) is 0 Å². The predicted molar refractivity (Wildman–Crippen MR) is 71.9 cm³/mol. The molecule has 17 heavy (non-hydrogen) atoms. The standard InChI is InChI=1S/C14H24N2O/c1-3-12(8-9-17)16-14(10-15)13-7-5-4-6-11(13)2/h4-7,12,14,16-17H,3,8-10,15H2,1-2H3. The third-order valence-electron chi connectivity index (χ3n) is 3.21. The molecule has 3 heteroatoms. The van der Waals surface area contributed by atoms with Gasteiger partial charge in [0.25, 0.3) is 0 Å². The first kappa shape index (κ1) is 14.2. The van der Waals surface area contributed by atoms with Crippen LogP contribution in [0.4, 0.5) is 0 Å². The van der Waals surface area contributed by atoms with Crippen molar-refractivity contribution in [2.75, 3.05) is 13.2 Å². The van der Waals surface area contributed by atoms with E-state index in [2.05, 4.69) is 31.3 Å². The highest BCUT2D eigenvalue weighted by atomic mass is 16.3. The number of nitrogens with one attached hydrogen (secondary N) is 1. The zero-order chi connectivity index (χ0) is 12.7. The van der Waals surface area contributed by atoms with Crippen molar-refractivity contribution in [1.82, 2.24) is 5.32 Å². The van der Waals surface area contributed by atoms with E-state index >= 15 is 0 Å². The molecule has 0 saturated heterocycles. The molecule has 4 N–H and O–H groups in total. The van der Waals surface area contributed by atoms with Crippen LogP contribution < -0.4 is 11.1 Å². The van der Waals surface area contributed by atoms with Crippen LogP contribution in [0.15, 0.2) is 24.3 Å². The lowest BCUT2D eigenvalue weighted by atomic mass is 9.99. The normalized spacial score (nSPS) is 14.6. The van der Waals surface area contributed by atoms with Crippen molar-refractivity contribution in [3.05, 3.63) is 35.4 Å². The molecule has 0 bridgehead atoms. The number of hydrogen-bond donors (Lipinski definition) is 3. The molecule has 96 valence electrons. The van der Waals surface area contributed by atoms with Crippen molar-refractivity contribution >= 4 is 0 Å². The van der Waals surface area contributed by atoms with Gasteiger partial charge in [0.2, 0.25) is 0 Å². The van der Waals surface area contributed by atoms with E-state index in [1.54, 1.807) is 0 Å². The number of hydrogen-bond acceptors (Lipinski definition) is 3. The highest BCUT2D eigenvalue weighted by Crippen LogP contribution is 2.18. The molecule has 1 aromatic rings. The van der Waals surface area contributed by atoms with E-state index in [4.69, 9.17) is 10.8 Å². The molecular weight excluding hydrogens is 212 g/mol. The van der Waals surface area contributed by atoms with Crippen LogP contribution in [0, 0.1) is 6.92 Å². The van der Waals surface area contributed by atoms with Crippen molar-refractivity contribution in [3.63, 3.8) is 0 Å². The SMILES string of the molecule is CCC(CCO)NC(CN)c1ccccc1C. The molecular formula is C14H24N2O. The van der Waals surface area contributed by atoms with Gasteiger partial charge in [-0.3, -0.25) is 0 Å². The summed E-state index contributed by atoms with van der Waals surface area (Å²) in [7, 11) is 0. The number of benzene rings is 1. The van der Waals surface area contributed by atoms with Crippen LogP contribution in [-0.4, -0.2) is 24.3 Å². The van der Waals surface area contributed by atoms with E-state index in [9.17, 15) is 0 Å². The van der Waals surface area contributed by atoms with Crippen molar-refractivity contribution in [2.45, 2.75) is 38.8 Å². The summed E-state index contributed by atoms with van der Waals surface area (Å²) >= 11 is 0. The Hall–Kier alpha value is -0.900. The van der Waals surface area contributed by atoms with Crippen molar-refractivity contribution < 1.29 is 5.11 Å². The van der Waals surface area contributed by atoms with Gasteiger partial charge in [-0.1, -0.05) is 31.2 Å². The fraction of sp³-hybridized carbons (Fsp3) is 0.571. The average molecular weight is 236 g/mol. The molecule has 0 radical (unpaired) electrons. The molecule has 1 aromatic carbocycles. The molecule has 0 saturated carbocycles. The summed E-state index contributed by atoms with van der Waals surface area (Å²) in [4.78, 5) is 0. The minimum Gasteiger partial charge on any atom is -0.396 e. The summed E-state index contributed by atoms with van der Waals surface area (Å²) in [6.45, 7) is 5.02. The number of rotatable bonds is 7. The second-order valence-corrected chi connectivity index (χ2v) is 4.43. The second-order valence-electron chi connectivity index (χ2n) is 4.43. The molecule has 0 aliphatic heterocycles. The fourth-order valence-corrected chi connectivity index (χ4v) is 2.11. The van der Waals surface area contributed by atoms with Gasteiger partial charge in [-0.05, 0) is 30.9 Å². The molecule has 0 heterocycles. The Kier molecular flexibility index (Phi) is 6.19. The Balaban J connectivity index is 2.74. The van der Waals surface area contributed by atoms with Crippen LogP contribution in [0.1, 0.15) is 36.9 Å². The van der Waals surface area contributed by atoms with Gasteiger partial charge in [0.05, 0.1) is 0 Å². The molecule has 3 nitrogen and oxygen atoms in total. The summed E-state index contributed by atoms with van der Waals surface area (Å²) < 4.78 is 0. The Labute approximate surface area is 104 Å². The lowest BCUT2D eigenvalue weighted by molar-refractivity contribution is 0.255. The number of nitrogens with two attached hydrogens (primary N) is 1. The topological polar surface area (TPSA) is 58.3 Å². The van der Waals surface area contributed by atoms with Gasteiger partial charge >= 0.3 is 0 Å². The van der Waals surface area contributed by atoms with E-state index < -0.39 is 0 Å². The highest BCUT2D eigenvalue weighted by Gasteiger charge is 2.15. The molecule has 0 aromatic heterocycles. The van der Waals surface area contributed by atoms with Gasteiger partial charge < -0.3 is 16.2 Å². The lowest BCUT2D eigenvalue weighted by Crippen LogP contribution is -2.37. The third-order valence-corrected chi connectivity index (χ3v) is 3.21. The van der Waals surface area contributed by atoms with Crippen LogP contribution in [0.25, 0.3) is 0 Å². The summed E-state index contributed by atoms with van der Waals surface area (Å²) in [6, 6.07) is 8.80. The summed E-state index contributed by atoms with van der Waals surface area (Å²) in [5.74, 6) is 0. The smallest absolute Gasteiger partial charge is 0.0449 e. The molecule has 0 spiro atoms. The minimum atomic E-state index is 0.174. The monoisotopic (exact) mass is 236 g/mol. The minimum absolute atomic E-state index is 0.174. The van der Waals surface area contributed by atoms with Gasteiger partial charge in [0, 0.05) is 25.2 Å². The summed E-state index contributed by atoms with van der Waals surface area (Å²) in [5, 5.41) is 12.5. The largest absolute Gasteiger partial charge is 0.396 e. The Morgan fingerprint density at radius 3 is 2.59 bits per heavy atom. The molecule has 0 fully saturated rings. The maximum absolute atomic E-state index is 9.01. The lowest BCUT2D eigenvalue weighted by Gasteiger charge is -2.25. The molecule has 0 amide bonds. The maximum Gasteiger partial charge on any atom is 0.0449 e. The van der Waals surface area contributed by atoms with E-state index in [0.717, 1.165) is 12.8 Å². The third kappa shape index (κ3) is 4.11. The second kappa shape index (κ2) is 7.43. The fourth-order valence-electron chi connectivity index (χ4n) is 2.11. The molecule has 2 unspecified atom stereocenters. The Morgan fingerprint density at radius 1 is 1.35 bits per heavy atom. The average Bonchev–Trinajstić information content (AvgIpc) is 2.35.